The quantitative estimate of drug-likeness (QED) is 0.524. The number of rotatable bonds is 0. The van der Waals surface area contributed by atoms with Gasteiger partial charge in [-0.1, -0.05) is 0 Å². The van der Waals surface area contributed by atoms with Crippen LogP contribution in [-0.2, 0) is 14.1 Å². The largest absolute Gasteiger partial charge is 0.368 e. The van der Waals surface area contributed by atoms with E-state index in [-0.39, 0.29) is 0 Å². The summed E-state index contributed by atoms with van der Waals surface area (Å²) >= 11 is 4.81. The van der Waals surface area contributed by atoms with Crippen molar-refractivity contribution in [3.05, 3.63) is 4.77 Å². The molecule has 0 amide bonds. The second-order valence-electron chi connectivity index (χ2n) is 1.80. The minimum atomic E-state index is 0.447. The van der Waals surface area contributed by atoms with Crippen LogP contribution in [-0.4, -0.2) is 14.3 Å². The van der Waals surface area contributed by atoms with Crippen molar-refractivity contribution in [1.82, 2.24) is 14.3 Å². The first kappa shape index (κ1) is 6.28. The van der Waals surface area contributed by atoms with Crippen molar-refractivity contribution in [3.8, 4) is 0 Å². The predicted octanol–water partition coefficient (Wildman–Crippen LogP) is 0.0703. The number of hydrogen-bond donors (Lipinski definition) is 1. The zero-order chi connectivity index (χ0) is 7.02. The lowest BCUT2D eigenvalue weighted by molar-refractivity contribution is 0.596. The van der Waals surface area contributed by atoms with E-state index in [0.717, 1.165) is 0 Å². The van der Waals surface area contributed by atoms with E-state index < -0.39 is 0 Å². The van der Waals surface area contributed by atoms with Gasteiger partial charge in [0.05, 0.1) is 0 Å². The van der Waals surface area contributed by atoms with Crippen LogP contribution >= 0.6 is 12.2 Å². The van der Waals surface area contributed by atoms with Crippen LogP contribution < -0.4 is 5.73 Å². The number of aromatic nitrogens is 3. The van der Waals surface area contributed by atoms with Crippen LogP contribution in [0.3, 0.4) is 0 Å². The predicted molar refractivity (Wildman–Crippen MR) is 37.4 cm³/mol. The fourth-order valence-electron chi connectivity index (χ4n) is 0.525. The molecule has 0 bridgehead atoms. The first-order valence-electron chi connectivity index (χ1n) is 2.48. The van der Waals surface area contributed by atoms with Crippen molar-refractivity contribution in [2.45, 2.75) is 0 Å². The number of nitrogens with two attached hydrogens (primary N) is 1. The maximum absolute atomic E-state index is 5.41. The molecule has 0 atom stereocenters. The summed E-state index contributed by atoms with van der Waals surface area (Å²) < 4.78 is 3.89. The molecule has 50 valence electrons. The van der Waals surface area contributed by atoms with Gasteiger partial charge in [0.25, 0.3) is 0 Å². The number of nitrogens with zero attached hydrogens (tertiary/aromatic N) is 3. The van der Waals surface area contributed by atoms with E-state index in [0.29, 0.717) is 10.7 Å². The summed E-state index contributed by atoms with van der Waals surface area (Å²) in [7, 11) is 3.61. The Morgan fingerprint density at radius 1 is 1.44 bits per heavy atom. The molecule has 0 saturated heterocycles. The molecule has 0 radical (unpaired) electrons. The van der Waals surface area contributed by atoms with Gasteiger partial charge in [-0.3, -0.25) is 9.36 Å². The summed E-state index contributed by atoms with van der Waals surface area (Å²) in [5.41, 5.74) is 5.41. The van der Waals surface area contributed by atoms with Crippen LogP contribution in [0, 0.1) is 4.77 Å². The molecule has 0 aliphatic carbocycles. The Morgan fingerprint density at radius 3 is 2.11 bits per heavy atom. The smallest absolute Gasteiger partial charge is 0.217 e. The Kier molecular flexibility index (Phi) is 1.28. The zero-order valence-electron chi connectivity index (χ0n) is 5.33. The molecule has 5 heteroatoms. The van der Waals surface area contributed by atoms with E-state index in [2.05, 4.69) is 4.98 Å². The van der Waals surface area contributed by atoms with Crippen molar-refractivity contribution in [2.24, 2.45) is 14.1 Å². The average Bonchev–Trinajstić information content (AvgIpc) is 1.98. The second kappa shape index (κ2) is 1.84. The second-order valence-corrected chi connectivity index (χ2v) is 2.16. The standard InChI is InChI=1S/C4H8N4S/c1-7-3(5)6-4(9)8(7)2/h1-2H3,(H2,5,6,9). The monoisotopic (exact) mass is 144 g/mol. The van der Waals surface area contributed by atoms with Gasteiger partial charge >= 0.3 is 0 Å². The van der Waals surface area contributed by atoms with Crippen molar-refractivity contribution in [3.63, 3.8) is 0 Å². The topological polar surface area (TPSA) is 48.8 Å². The molecular formula is C4H8N4S. The Labute approximate surface area is 57.9 Å². The Bertz CT molecular complexity index is 271. The highest BCUT2D eigenvalue weighted by Gasteiger charge is 1.96. The summed E-state index contributed by atoms with van der Waals surface area (Å²) in [5, 5.41) is 0. The Hall–Kier alpha value is -0.840. The molecule has 9 heavy (non-hydrogen) atoms. The highest BCUT2D eigenvalue weighted by Crippen LogP contribution is 1.94. The van der Waals surface area contributed by atoms with Gasteiger partial charge in [0.15, 0.2) is 0 Å². The highest BCUT2D eigenvalue weighted by molar-refractivity contribution is 7.71. The van der Waals surface area contributed by atoms with Crippen LogP contribution in [0.1, 0.15) is 0 Å². The van der Waals surface area contributed by atoms with Gasteiger partial charge < -0.3 is 5.73 Å². The maximum atomic E-state index is 5.41. The lowest BCUT2D eigenvalue weighted by atomic mass is 11.0. The SMILES string of the molecule is Cn1c(N)nc(=S)n1C. The van der Waals surface area contributed by atoms with Crippen molar-refractivity contribution in [1.29, 1.82) is 0 Å². The van der Waals surface area contributed by atoms with Gasteiger partial charge in [-0.15, -0.1) is 0 Å². The summed E-state index contributed by atoms with van der Waals surface area (Å²) in [4.78, 5) is 3.83. The first-order valence-corrected chi connectivity index (χ1v) is 2.89. The number of hydrogen-bond acceptors (Lipinski definition) is 3. The highest BCUT2D eigenvalue weighted by atomic mass is 32.1. The van der Waals surface area contributed by atoms with Crippen LogP contribution in [0.2, 0.25) is 0 Å². The van der Waals surface area contributed by atoms with E-state index in [4.69, 9.17) is 18.0 Å². The van der Waals surface area contributed by atoms with Gasteiger partial charge in [-0.2, -0.15) is 4.98 Å². The molecular weight excluding hydrogens is 136 g/mol. The first-order chi connectivity index (χ1) is 4.13. The van der Waals surface area contributed by atoms with Gasteiger partial charge in [0.1, 0.15) is 0 Å². The van der Waals surface area contributed by atoms with E-state index >= 15 is 0 Å². The summed E-state index contributed by atoms with van der Waals surface area (Å²) in [6.07, 6.45) is 0. The fraction of sp³-hybridized carbons (Fsp3) is 0.500. The molecule has 0 unspecified atom stereocenters. The molecule has 0 aliphatic heterocycles. The van der Waals surface area contributed by atoms with E-state index in [9.17, 15) is 0 Å². The zero-order valence-corrected chi connectivity index (χ0v) is 6.14. The molecule has 0 spiro atoms. The minimum Gasteiger partial charge on any atom is -0.368 e. The molecule has 2 N–H and O–H groups in total. The third-order valence-electron chi connectivity index (χ3n) is 1.27. The summed E-state index contributed by atoms with van der Waals surface area (Å²) in [5.74, 6) is 0.447. The van der Waals surface area contributed by atoms with Gasteiger partial charge in [0.2, 0.25) is 10.7 Å². The molecule has 1 aromatic heterocycles. The molecule has 0 saturated carbocycles. The number of anilines is 1. The van der Waals surface area contributed by atoms with E-state index in [1.165, 1.54) is 0 Å². The normalized spacial score (nSPS) is 10.0. The molecule has 1 heterocycles. The Morgan fingerprint density at radius 2 is 2.00 bits per heavy atom. The third kappa shape index (κ3) is 0.829. The van der Waals surface area contributed by atoms with Gasteiger partial charge in [0, 0.05) is 14.1 Å². The van der Waals surface area contributed by atoms with Crippen molar-refractivity contribution in [2.75, 3.05) is 5.73 Å². The lowest BCUT2D eigenvalue weighted by Gasteiger charge is -1.97. The summed E-state index contributed by atoms with van der Waals surface area (Å²) in [6, 6.07) is 0. The average molecular weight is 144 g/mol. The maximum Gasteiger partial charge on any atom is 0.217 e. The molecule has 0 aliphatic rings. The molecule has 1 rings (SSSR count). The van der Waals surface area contributed by atoms with Crippen LogP contribution in [0.15, 0.2) is 0 Å². The van der Waals surface area contributed by atoms with E-state index in [1.54, 1.807) is 16.4 Å². The fourth-order valence-corrected chi connectivity index (χ4v) is 0.741. The Balaban J connectivity index is 3.47. The van der Waals surface area contributed by atoms with Gasteiger partial charge in [-0.05, 0) is 12.2 Å². The third-order valence-corrected chi connectivity index (χ3v) is 1.62. The molecule has 4 nitrogen and oxygen atoms in total. The van der Waals surface area contributed by atoms with Crippen LogP contribution in [0.4, 0.5) is 5.95 Å². The minimum absolute atomic E-state index is 0.447. The van der Waals surface area contributed by atoms with Crippen LogP contribution in [0.25, 0.3) is 0 Å². The molecule has 0 aromatic carbocycles. The van der Waals surface area contributed by atoms with Crippen molar-refractivity contribution < 1.29 is 0 Å². The summed E-state index contributed by atoms with van der Waals surface area (Å²) in [6.45, 7) is 0. The van der Waals surface area contributed by atoms with Gasteiger partial charge in [-0.25, -0.2) is 0 Å². The van der Waals surface area contributed by atoms with E-state index in [1.807, 2.05) is 7.05 Å². The number of nitrogen functional groups attached to an aromatic ring is 1. The van der Waals surface area contributed by atoms with Crippen molar-refractivity contribution >= 4 is 18.2 Å². The lowest BCUT2D eigenvalue weighted by Crippen LogP contribution is -2.06. The molecule has 0 fully saturated rings. The van der Waals surface area contributed by atoms with Crippen LogP contribution in [0.5, 0.6) is 0 Å². The molecule has 1 aromatic rings.